The number of aromatic amines is 1. The van der Waals surface area contributed by atoms with E-state index in [4.69, 9.17) is 0 Å². The van der Waals surface area contributed by atoms with E-state index in [1.54, 1.807) is 18.6 Å². The van der Waals surface area contributed by atoms with Gasteiger partial charge in [-0.15, -0.1) is 0 Å². The van der Waals surface area contributed by atoms with Gasteiger partial charge in [0.25, 0.3) is 0 Å². The van der Waals surface area contributed by atoms with Crippen molar-refractivity contribution in [3.63, 3.8) is 0 Å². The van der Waals surface area contributed by atoms with E-state index in [2.05, 4.69) is 35.8 Å². The van der Waals surface area contributed by atoms with Gasteiger partial charge in [-0.1, -0.05) is 0 Å². The highest BCUT2D eigenvalue weighted by atomic mass is 16.2. The van der Waals surface area contributed by atoms with Crippen LogP contribution in [0.15, 0.2) is 18.6 Å². The Morgan fingerprint density at radius 3 is 2.68 bits per heavy atom. The van der Waals surface area contributed by atoms with Gasteiger partial charge < -0.3 is 10.6 Å². The predicted molar refractivity (Wildman–Crippen MR) is 102 cm³/mol. The summed E-state index contributed by atoms with van der Waals surface area (Å²) in [5.41, 5.74) is 0.818. The fourth-order valence-electron chi connectivity index (χ4n) is 3.44. The average Bonchev–Trinajstić information content (AvgIpc) is 3.13. The van der Waals surface area contributed by atoms with Crippen molar-refractivity contribution in [1.29, 1.82) is 0 Å². The number of carbonyl (C=O) groups excluding carboxylic acids is 2. The second-order valence-electron chi connectivity index (χ2n) is 7.19. The van der Waals surface area contributed by atoms with E-state index in [1.807, 2.05) is 6.92 Å². The summed E-state index contributed by atoms with van der Waals surface area (Å²) in [6.45, 7) is 2.39. The van der Waals surface area contributed by atoms with Crippen molar-refractivity contribution in [1.82, 2.24) is 35.8 Å². The molecule has 0 bridgehead atoms. The van der Waals surface area contributed by atoms with Gasteiger partial charge in [0.1, 0.15) is 5.82 Å². The number of hydrogen-bond acceptors (Lipinski definition) is 6. The molecule has 3 rings (SSSR count). The lowest BCUT2D eigenvalue weighted by molar-refractivity contribution is -0.126. The average molecular weight is 385 g/mol. The van der Waals surface area contributed by atoms with E-state index < -0.39 is 0 Å². The van der Waals surface area contributed by atoms with Crippen LogP contribution in [-0.4, -0.2) is 49.6 Å². The summed E-state index contributed by atoms with van der Waals surface area (Å²) in [6.07, 6.45) is 9.78. The number of aryl methyl sites for hydroxylation is 2. The third-order valence-electron chi connectivity index (χ3n) is 4.98. The summed E-state index contributed by atoms with van der Waals surface area (Å²) in [6, 6.07) is 0.148. The van der Waals surface area contributed by atoms with Crippen molar-refractivity contribution in [2.75, 3.05) is 6.54 Å². The lowest BCUT2D eigenvalue weighted by Gasteiger charge is -2.28. The van der Waals surface area contributed by atoms with Crippen LogP contribution in [0.1, 0.15) is 49.4 Å². The van der Waals surface area contributed by atoms with Crippen LogP contribution in [0.4, 0.5) is 0 Å². The Balaban J connectivity index is 1.31. The lowest BCUT2D eigenvalue weighted by atomic mass is 9.85. The van der Waals surface area contributed by atoms with Crippen LogP contribution in [0.5, 0.6) is 0 Å². The molecule has 1 aliphatic carbocycles. The maximum absolute atomic E-state index is 12.3. The SMILES string of the molecule is Cc1nc(CCNC(=O)C2CCC(NC(=O)CCc3cnccn3)CC2)n[nH]1. The molecule has 3 N–H and O–H groups in total. The molecule has 2 heterocycles. The smallest absolute Gasteiger partial charge is 0.223 e. The van der Waals surface area contributed by atoms with Crippen LogP contribution in [0, 0.1) is 12.8 Å². The van der Waals surface area contributed by atoms with Crippen molar-refractivity contribution in [3.05, 3.63) is 35.9 Å². The van der Waals surface area contributed by atoms with Crippen LogP contribution in [0.3, 0.4) is 0 Å². The van der Waals surface area contributed by atoms with E-state index >= 15 is 0 Å². The minimum absolute atomic E-state index is 0.0154. The Labute approximate surface area is 164 Å². The molecule has 0 spiro atoms. The summed E-state index contributed by atoms with van der Waals surface area (Å²) in [7, 11) is 0. The number of rotatable bonds is 8. The van der Waals surface area contributed by atoms with E-state index in [0.29, 0.717) is 31.6 Å². The third-order valence-corrected chi connectivity index (χ3v) is 4.98. The third kappa shape index (κ3) is 6.11. The molecular formula is C19H27N7O2. The zero-order valence-electron chi connectivity index (χ0n) is 16.1. The molecular weight excluding hydrogens is 358 g/mol. The number of carbonyl (C=O) groups is 2. The number of nitrogens with zero attached hydrogens (tertiary/aromatic N) is 4. The molecule has 0 aliphatic heterocycles. The molecule has 0 aromatic carbocycles. The van der Waals surface area contributed by atoms with Gasteiger partial charge in [-0.05, 0) is 39.0 Å². The number of hydrogen-bond donors (Lipinski definition) is 3. The van der Waals surface area contributed by atoms with Gasteiger partial charge in [-0.25, -0.2) is 4.98 Å². The molecule has 0 saturated heterocycles. The molecule has 150 valence electrons. The van der Waals surface area contributed by atoms with Crippen LogP contribution < -0.4 is 10.6 Å². The van der Waals surface area contributed by atoms with Gasteiger partial charge in [-0.2, -0.15) is 5.10 Å². The van der Waals surface area contributed by atoms with Gasteiger partial charge in [0.15, 0.2) is 5.82 Å². The van der Waals surface area contributed by atoms with Gasteiger partial charge in [0, 0.05) is 49.9 Å². The maximum atomic E-state index is 12.3. The first-order chi connectivity index (χ1) is 13.6. The molecule has 9 nitrogen and oxygen atoms in total. The zero-order chi connectivity index (χ0) is 19.8. The minimum atomic E-state index is 0.0154. The Hall–Kier alpha value is -2.84. The lowest BCUT2D eigenvalue weighted by Crippen LogP contribution is -2.41. The number of H-pyrrole nitrogens is 1. The van der Waals surface area contributed by atoms with Crippen LogP contribution in [-0.2, 0) is 22.4 Å². The monoisotopic (exact) mass is 385 g/mol. The van der Waals surface area contributed by atoms with Crippen LogP contribution >= 0.6 is 0 Å². The molecule has 1 aliphatic rings. The van der Waals surface area contributed by atoms with Gasteiger partial charge in [-0.3, -0.25) is 24.7 Å². The van der Waals surface area contributed by atoms with E-state index in [-0.39, 0.29) is 23.8 Å². The largest absolute Gasteiger partial charge is 0.355 e. The summed E-state index contributed by atoms with van der Waals surface area (Å²) in [5, 5.41) is 12.9. The van der Waals surface area contributed by atoms with Gasteiger partial charge in [0.2, 0.25) is 11.8 Å². The molecule has 2 amide bonds. The first kappa shape index (κ1) is 19.9. The molecule has 28 heavy (non-hydrogen) atoms. The summed E-state index contributed by atoms with van der Waals surface area (Å²) >= 11 is 0. The van der Waals surface area contributed by atoms with Crippen LogP contribution in [0.2, 0.25) is 0 Å². The highest BCUT2D eigenvalue weighted by molar-refractivity contribution is 5.79. The molecule has 2 aromatic heterocycles. The summed E-state index contributed by atoms with van der Waals surface area (Å²) in [4.78, 5) is 36.9. The fourth-order valence-corrected chi connectivity index (χ4v) is 3.44. The van der Waals surface area contributed by atoms with E-state index in [9.17, 15) is 9.59 Å². The Bertz CT molecular complexity index is 770. The van der Waals surface area contributed by atoms with Crippen molar-refractivity contribution >= 4 is 11.8 Å². The van der Waals surface area contributed by atoms with Gasteiger partial charge in [0.05, 0.1) is 5.69 Å². The van der Waals surface area contributed by atoms with Gasteiger partial charge >= 0.3 is 0 Å². The van der Waals surface area contributed by atoms with Crippen molar-refractivity contribution in [2.45, 2.75) is 57.9 Å². The highest BCUT2D eigenvalue weighted by Crippen LogP contribution is 2.24. The maximum Gasteiger partial charge on any atom is 0.223 e. The van der Waals surface area contributed by atoms with E-state index in [1.165, 1.54) is 0 Å². The molecule has 2 aromatic rings. The first-order valence-electron chi connectivity index (χ1n) is 9.80. The molecule has 0 unspecified atom stereocenters. The Kier molecular flexibility index (Phi) is 7.05. The molecule has 9 heteroatoms. The minimum Gasteiger partial charge on any atom is -0.355 e. The molecule has 0 atom stereocenters. The number of aromatic nitrogens is 5. The summed E-state index contributed by atoms with van der Waals surface area (Å²) < 4.78 is 0. The molecule has 1 saturated carbocycles. The topological polar surface area (TPSA) is 126 Å². The summed E-state index contributed by atoms with van der Waals surface area (Å²) in [5.74, 6) is 1.62. The van der Waals surface area contributed by atoms with Crippen LogP contribution in [0.25, 0.3) is 0 Å². The quantitative estimate of drug-likeness (QED) is 0.619. The first-order valence-corrected chi connectivity index (χ1v) is 9.80. The second kappa shape index (κ2) is 9.91. The Morgan fingerprint density at radius 2 is 2.00 bits per heavy atom. The highest BCUT2D eigenvalue weighted by Gasteiger charge is 2.26. The standard InChI is InChI=1S/C19H27N7O2/c1-13-23-17(26-25-13)8-9-22-19(28)14-2-4-15(5-3-14)24-18(27)7-6-16-12-20-10-11-21-16/h10-12,14-15H,2-9H2,1H3,(H,22,28)(H,24,27)(H,23,25,26). The van der Waals surface area contributed by atoms with Crippen molar-refractivity contribution in [3.8, 4) is 0 Å². The zero-order valence-corrected chi connectivity index (χ0v) is 16.1. The predicted octanol–water partition coefficient (Wildman–Crippen LogP) is 0.870. The molecule has 1 fully saturated rings. The van der Waals surface area contributed by atoms with Crippen molar-refractivity contribution in [2.24, 2.45) is 5.92 Å². The molecule has 0 radical (unpaired) electrons. The Morgan fingerprint density at radius 1 is 1.18 bits per heavy atom. The van der Waals surface area contributed by atoms with E-state index in [0.717, 1.165) is 37.2 Å². The fraction of sp³-hybridized carbons (Fsp3) is 0.579. The number of amides is 2. The normalized spacial score (nSPS) is 19.2. The van der Waals surface area contributed by atoms with Crippen molar-refractivity contribution < 1.29 is 9.59 Å². The number of nitrogens with one attached hydrogen (secondary N) is 3. The second-order valence-corrected chi connectivity index (χ2v) is 7.19.